The van der Waals surface area contributed by atoms with Crippen molar-refractivity contribution < 1.29 is 39.2 Å². The summed E-state index contributed by atoms with van der Waals surface area (Å²) in [5.41, 5.74) is -5.25. The molecule has 0 spiro atoms. The number of sulfonamides is 1. The lowest BCUT2D eigenvalue weighted by molar-refractivity contribution is -0.322. The van der Waals surface area contributed by atoms with E-state index >= 15 is 0 Å². The predicted molar refractivity (Wildman–Crippen MR) is 60.1 cm³/mol. The molecule has 1 rings (SSSR count). The third kappa shape index (κ3) is 2.90. The van der Waals surface area contributed by atoms with Gasteiger partial charge in [-0.3, -0.25) is 0 Å². The van der Waals surface area contributed by atoms with Gasteiger partial charge in [0, 0.05) is 0 Å². The number of nitrogens with zero attached hydrogens (tertiary/aromatic N) is 1. The van der Waals surface area contributed by atoms with E-state index < -0.39 is 50.0 Å². The molecule has 1 aromatic carbocycles. The molecule has 1 atom stereocenters. The van der Waals surface area contributed by atoms with Crippen molar-refractivity contribution in [3.05, 3.63) is 30.1 Å². The number of alkyl halides is 6. The van der Waals surface area contributed by atoms with Gasteiger partial charge in [-0.2, -0.15) is 22.0 Å². The van der Waals surface area contributed by atoms with Crippen LogP contribution in [0.3, 0.4) is 0 Å². The largest absolute Gasteiger partial charge is 0.429 e. The second-order valence-electron chi connectivity index (χ2n) is 4.30. The van der Waals surface area contributed by atoms with Gasteiger partial charge in [-0.05, 0) is 31.2 Å². The third-order valence-corrected chi connectivity index (χ3v) is 4.36. The highest BCUT2D eigenvalue weighted by Crippen LogP contribution is 2.46. The van der Waals surface area contributed by atoms with Gasteiger partial charge >= 0.3 is 12.2 Å². The van der Waals surface area contributed by atoms with Crippen LogP contribution in [0.1, 0.15) is 6.92 Å². The van der Waals surface area contributed by atoms with Crippen LogP contribution in [0.4, 0.5) is 30.7 Å². The summed E-state index contributed by atoms with van der Waals surface area (Å²) in [5, 5.41) is 0. The Morgan fingerprint density at radius 3 is 1.77 bits per heavy atom. The van der Waals surface area contributed by atoms with Crippen molar-refractivity contribution in [3.8, 4) is 0 Å². The van der Waals surface area contributed by atoms with E-state index in [1.54, 1.807) is 0 Å². The summed E-state index contributed by atoms with van der Waals surface area (Å²) in [7, 11) is -5.40. The van der Waals surface area contributed by atoms with Crippen molar-refractivity contribution in [1.82, 2.24) is 4.41 Å². The minimum Gasteiger partial charge on any atom is -0.249 e. The van der Waals surface area contributed by atoms with E-state index in [9.17, 15) is 39.2 Å². The molecule has 1 unspecified atom stereocenters. The van der Waals surface area contributed by atoms with Gasteiger partial charge in [-0.1, -0.05) is 4.41 Å². The number of hydrogen-bond donors (Lipinski definition) is 1. The molecule has 0 aliphatic heterocycles. The lowest BCUT2D eigenvalue weighted by atomic mass is 10.1. The van der Waals surface area contributed by atoms with Crippen LogP contribution in [0.15, 0.2) is 29.2 Å². The second kappa shape index (κ2) is 5.35. The fraction of sp³-hybridized carbons (Fsp3) is 0.400. The topological polar surface area (TPSA) is 63.4 Å². The van der Waals surface area contributed by atoms with Crippen molar-refractivity contribution in [1.29, 1.82) is 0 Å². The number of nitrogens with two attached hydrogens (primary N) is 1. The number of benzene rings is 1. The van der Waals surface area contributed by atoms with Crippen LogP contribution in [0.5, 0.6) is 0 Å². The lowest BCUT2D eigenvalue weighted by Gasteiger charge is -2.36. The average molecular weight is 354 g/mol. The zero-order valence-corrected chi connectivity index (χ0v) is 11.5. The molecule has 22 heavy (non-hydrogen) atoms. The Kier molecular flexibility index (Phi) is 4.54. The highest BCUT2D eigenvalue weighted by Gasteiger charge is 2.72. The Balaban J connectivity index is 3.34. The van der Waals surface area contributed by atoms with E-state index in [0.717, 1.165) is 0 Å². The molecule has 1 aromatic rings. The van der Waals surface area contributed by atoms with Gasteiger partial charge in [-0.25, -0.2) is 23.0 Å². The molecule has 0 saturated carbocycles. The molecular formula is C10H9F7N2O2S. The van der Waals surface area contributed by atoms with Gasteiger partial charge in [0.15, 0.2) is 0 Å². The van der Waals surface area contributed by atoms with Crippen molar-refractivity contribution >= 4 is 10.0 Å². The number of hydrogen-bond acceptors (Lipinski definition) is 3. The van der Waals surface area contributed by atoms with Crippen molar-refractivity contribution in [2.24, 2.45) is 5.84 Å². The number of rotatable bonds is 4. The van der Waals surface area contributed by atoms with E-state index in [4.69, 9.17) is 0 Å². The van der Waals surface area contributed by atoms with E-state index in [0.29, 0.717) is 24.3 Å². The standard InChI is InChI=1S/C10H9F7N2O2S/c1-8(12,9(13,14)15)10(16,17)19(18)22(20,21)7-4-2-6(11)3-5-7/h2-5H,18H2,1H3. The summed E-state index contributed by atoms with van der Waals surface area (Å²) in [6.07, 6.45) is -6.09. The summed E-state index contributed by atoms with van der Waals surface area (Å²) < 4.78 is 112. The van der Waals surface area contributed by atoms with Gasteiger partial charge in [0.25, 0.3) is 15.7 Å². The van der Waals surface area contributed by atoms with E-state index in [2.05, 4.69) is 5.84 Å². The molecule has 0 saturated heterocycles. The molecule has 0 aliphatic rings. The zero-order chi connectivity index (χ0) is 17.6. The van der Waals surface area contributed by atoms with E-state index in [1.807, 2.05) is 0 Å². The SMILES string of the molecule is CC(F)(C(F)(F)F)C(F)(F)N(N)S(=O)(=O)c1ccc(F)cc1. The highest BCUT2D eigenvalue weighted by atomic mass is 32.2. The fourth-order valence-corrected chi connectivity index (χ4v) is 2.43. The molecular weight excluding hydrogens is 345 g/mol. The summed E-state index contributed by atoms with van der Waals surface area (Å²) in [4.78, 5) is -1.03. The molecule has 0 aliphatic carbocycles. The molecule has 0 heterocycles. The molecule has 2 N–H and O–H groups in total. The minimum absolute atomic E-state index is 0.490. The highest BCUT2D eigenvalue weighted by molar-refractivity contribution is 7.89. The van der Waals surface area contributed by atoms with Gasteiger partial charge in [0.05, 0.1) is 4.90 Å². The van der Waals surface area contributed by atoms with Crippen LogP contribution in [-0.2, 0) is 10.0 Å². The first kappa shape index (κ1) is 18.6. The summed E-state index contributed by atoms with van der Waals surface area (Å²) in [6, 6.07) is -3.56. The summed E-state index contributed by atoms with van der Waals surface area (Å²) >= 11 is 0. The Morgan fingerprint density at radius 1 is 1.00 bits per heavy atom. The van der Waals surface area contributed by atoms with E-state index in [1.165, 1.54) is 0 Å². The molecule has 12 heteroatoms. The van der Waals surface area contributed by atoms with Crippen LogP contribution in [0.2, 0.25) is 0 Å². The molecule has 0 fully saturated rings. The van der Waals surface area contributed by atoms with Crippen LogP contribution in [-0.4, -0.2) is 30.7 Å². The van der Waals surface area contributed by atoms with Crippen LogP contribution in [0, 0.1) is 5.82 Å². The molecule has 0 amide bonds. The summed E-state index contributed by atoms with van der Waals surface area (Å²) in [5.74, 6) is 3.61. The van der Waals surface area contributed by atoms with Crippen molar-refractivity contribution in [3.63, 3.8) is 0 Å². The Bertz CT molecular complexity index is 640. The van der Waals surface area contributed by atoms with Gasteiger partial charge in [-0.15, -0.1) is 0 Å². The molecule has 0 radical (unpaired) electrons. The second-order valence-corrected chi connectivity index (χ2v) is 6.11. The predicted octanol–water partition coefficient (Wildman–Crippen LogP) is 2.57. The fourth-order valence-electron chi connectivity index (χ4n) is 1.25. The van der Waals surface area contributed by atoms with Gasteiger partial charge in [0.2, 0.25) is 0 Å². The Hall–Kier alpha value is -1.40. The smallest absolute Gasteiger partial charge is 0.249 e. The monoisotopic (exact) mass is 354 g/mol. The minimum atomic E-state index is -6.09. The molecule has 0 bridgehead atoms. The zero-order valence-electron chi connectivity index (χ0n) is 10.7. The number of hydrazine groups is 1. The van der Waals surface area contributed by atoms with Crippen LogP contribution in [0.25, 0.3) is 0 Å². The normalized spacial score (nSPS) is 16.6. The quantitative estimate of drug-likeness (QED) is 0.391. The number of halogens is 7. The maximum atomic E-state index is 13.6. The Labute approximate surface area is 120 Å². The molecule has 4 nitrogen and oxygen atoms in total. The lowest BCUT2D eigenvalue weighted by Crippen LogP contribution is -2.65. The first-order chi connectivity index (χ1) is 9.65. The Morgan fingerprint density at radius 2 is 1.41 bits per heavy atom. The van der Waals surface area contributed by atoms with Crippen LogP contribution < -0.4 is 5.84 Å². The third-order valence-electron chi connectivity index (χ3n) is 2.74. The van der Waals surface area contributed by atoms with Gasteiger partial charge in [0.1, 0.15) is 5.82 Å². The molecule has 0 aromatic heterocycles. The first-order valence-electron chi connectivity index (χ1n) is 5.35. The summed E-state index contributed by atoms with van der Waals surface area (Å²) in [6.45, 7) is -0.549. The first-order valence-corrected chi connectivity index (χ1v) is 6.79. The van der Waals surface area contributed by atoms with E-state index in [-0.39, 0.29) is 0 Å². The maximum Gasteiger partial charge on any atom is 0.429 e. The average Bonchev–Trinajstić information content (AvgIpc) is 2.36. The van der Waals surface area contributed by atoms with Crippen LogP contribution >= 0.6 is 0 Å². The van der Waals surface area contributed by atoms with Crippen molar-refractivity contribution in [2.75, 3.05) is 0 Å². The molecule has 126 valence electrons. The maximum absolute atomic E-state index is 13.6. The van der Waals surface area contributed by atoms with Crippen molar-refractivity contribution in [2.45, 2.75) is 29.7 Å². The van der Waals surface area contributed by atoms with Gasteiger partial charge < -0.3 is 0 Å².